The van der Waals surface area contributed by atoms with E-state index in [-0.39, 0.29) is 29.8 Å². The van der Waals surface area contributed by atoms with Gasteiger partial charge in [0.05, 0.1) is 0 Å². The van der Waals surface area contributed by atoms with E-state index in [0.29, 0.717) is 6.42 Å². The summed E-state index contributed by atoms with van der Waals surface area (Å²) in [6, 6.07) is 4.01. The lowest BCUT2D eigenvalue weighted by Crippen LogP contribution is -2.55. The van der Waals surface area contributed by atoms with E-state index in [9.17, 15) is 14.4 Å². The molecular formula is C29H49N3O4. The van der Waals surface area contributed by atoms with Crippen LogP contribution in [0, 0.1) is 19.8 Å². The fourth-order valence-corrected chi connectivity index (χ4v) is 4.44. The number of hydrogen-bond acceptors (Lipinski definition) is 4. The van der Waals surface area contributed by atoms with E-state index < -0.39 is 23.8 Å². The summed E-state index contributed by atoms with van der Waals surface area (Å²) >= 11 is 0. The molecule has 0 aliphatic heterocycles. The number of alkyl carbamates (subject to hydrolysis) is 1. The number of nitrogens with zero attached hydrogens (tertiary/aromatic N) is 1. The Hall–Kier alpha value is -2.57. The predicted octanol–water partition coefficient (Wildman–Crippen LogP) is 5.83. The van der Waals surface area contributed by atoms with E-state index in [1.807, 2.05) is 66.7 Å². The van der Waals surface area contributed by atoms with Crippen LogP contribution in [0.4, 0.5) is 4.79 Å². The predicted molar refractivity (Wildman–Crippen MR) is 146 cm³/mol. The molecule has 3 atom stereocenters. The van der Waals surface area contributed by atoms with Gasteiger partial charge in [0.1, 0.15) is 17.7 Å². The Labute approximate surface area is 218 Å². The Balaban J connectivity index is 3.53. The van der Waals surface area contributed by atoms with Crippen LogP contribution in [-0.4, -0.2) is 46.5 Å². The number of carbonyl (C=O) groups is 3. The van der Waals surface area contributed by atoms with E-state index in [1.165, 1.54) is 0 Å². The van der Waals surface area contributed by atoms with Crippen LogP contribution < -0.4 is 10.6 Å². The van der Waals surface area contributed by atoms with Crippen LogP contribution in [-0.2, 0) is 14.3 Å². The lowest BCUT2D eigenvalue weighted by atomic mass is 9.95. The zero-order valence-corrected chi connectivity index (χ0v) is 24.3. The van der Waals surface area contributed by atoms with E-state index in [0.717, 1.165) is 29.5 Å². The van der Waals surface area contributed by atoms with Gasteiger partial charge < -0.3 is 20.3 Å². The molecule has 0 saturated heterocycles. The second-order valence-corrected chi connectivity index (χ2v) is 11.7. The maximum atomic E-state index is 14.1. The highest BCUT2D eigenvalue weighted by molar-refractivity contribution is 5.92. The van der Waals surface area contributed by atoms with Crippen LogP contribution in [0.2, 0.25) is 0 Å². The Morgan fingerprint density at radius 3 is 1.94 bits per heavy atom. The molecule has 36 heavy (non-hydrogen) atoms. The van der Waals surface area contributed by atoms with Crippen molar-refractivity contribution in [1.29, 1.82) is 0 Å². The summed E-state index contributed by atoms with van der Waals surface area (Å²) in [4.78, 5) is 42.1. The molecule has 1 rings (SSSR count). The quantitative estimate of drug-likeness (QED) is 0.398. The van der Waals surface area contributed by atoms with Crippen LogP contribution in [0.15, 0.2) is 18.2 Å². The minimum absolute atomic E-state index is 0.0219. The first-order chi connectivity index (χ1) is 16.5. The van der Waals surface area contributed by atoms with Gasteiger partial charge in [-0.3, -0.25) is 9.59 Å². The molecule has 3 amide bonds. The van der Waals surface area contributed by atoms with Gasteiger partial charge in [0, 0.05) is 12.1 Å². The lowest BCUT2D eigenvalue weighted by Gasteiger charge is -2.38. The van der Waals surface area contributed by atoms with E-state index in [1.54, 1.807) is 25.7 Å². The largest absolute Gasteiger partial charge is 0.444 e. The number of hydrogen-bond donors (Lipinski definition) is 2. The Bertz CT molecular complexity index is 869. The van der Waals surface area contributed by atoms with Crippen LogP contribution in [0.25, 0.3) is 0 Å². The highest BCUT2D eigenvalue weighted by Crippen LogP contribution is 2.28. The van der Waals surface area contributed by atoms with Gasteiger partial charge in [-0.15, -0.1) is 0 Å². The molecule has 0 radical (unpaired) electrons. The fraction of sp³-hybridized carbons (Fsp3) is 0.690. The fourth-order valence-electron chi connectivity index (χ4n) is 4.44. The highest BCUT2D eigenvalue weighted by atomic mass is 16.6. The number of nitrogens with one attached hydrogen (secondary N) is 2. The van der Waals surface area contributed by atoms with Crippen molar-refractivity contribution in [1.82, 2.24) is 15.5 Å². The molecule has 7 nitrogen and oxygen atoms in total. The van der Waals surface area contributed by atoms with Crippen molar-refractivity contribution in [2.45, 2.75) is 125 Å². The Morgan fingerprint density at radius 1 is 0.944 bits per heavy atom. The van der Waals surface area contributed by atoms with Crippen molar-refractivity contribution in [2.75, 3.05) is 0 Å². The van der Waals surface area contributed by atoms with E-state index >= 15 is 0 Å². The molecule has 0 bridgehead atoms. The molecule has 0 aromatic heterocycles. The first-order valence-electron chi connectivity index (χ1n) is 13.3. The average molecular weight is 504 g/mol. The van der Waals surface area contributed by atoms with Crippen molar-refractivity contribution in [3.05, 3.63) is 34.9 Å². The van der Waals surface area contributed by atoms with Crippen molar-refractivity contribution >= 4 is 17.9 Å². The summed E-state index contributed by atoms with van der Waals surface area (Å²) in [6.07, 6.45) is 1.57. The maximum absolute atomic E-state index is 14.1. The molecule has 0 fully saturated rings. The molecule has 0 spiro atoms. The topological polar surface area (TPSA) is 87.7 Å². The summed E-state index contributed by atoms with van der Waals surface area (Å²) in [6.45, 7) is 21.2. The highest BCUT2D eigenvalue weighted by Gasteiger charge is 2.38. The molecular weight excluding hydrogens is 454 g/mol. The third kappa shape index (κ3) is 10.2. The molecule has 0 aliphatic carbocycles. The normalized spacial score (nSPS) is 14.2. The van der Waals surface area contributed by atoms with Crippen LogP contribution in [0.5, 0.6) is 0 Å². The van der Waals surface area contributed by atoms with Crippen molar-refractivity contribution in [3.63, 3.8) is 0 Å². The maximum Gasteiger partial charge on any atom is 0.408 e. The number of carbonyl (C=O) groups excluding carboxylic acids is 3. The Kier molecular flexibility index (Phi) is 11.9. The number of rotatable bonds is 11. The van der Waals surface area contributed by atoms with Crippen LogP contribution >= 0.6 is 0 Å². The van der Waals surface area contributed by atoms with Crippen molar-refractivity contribution in [2.24, 2.45) is 5.92 Å². The molecule has 2 N–H and O–H groups in total. The van der Waals surface area contributed by atoms with Crippen molar-refractivity contribution < 1.29 is 19.1 Å². The average Bonchev–Trinajstić information content (AvgIpc) is 2.68. The first-order valence-corrected chi connectivity index (χ1v) is 13.3. The summed E-state index contributed by atoms with van der Waals surface area (Å²) < 4.78 is 5.44. The summed E-state index contributed by atoms with van der Waals surface area (Å²) in [5, 5.41) is 5.90. The molecule has 0 heterocycles. The lowest BCUT2D eigenvalue weighted by molar-refractivity contribution is -0.145. The monoisotopic (exact) mass is 503 g/mol. The van der Waals surface area contributed by atoms with Gasteiger partial charge in [-0.05, 0) is 79.7 Å². The zero-order chi connectivity index (χ0) is 27.8. The molecule has 7 heteroatoms. The summed E-state index contributed by atoms with van der Waals surface area (Å²) in [5.41, 5.74) is 2.11. The van der Waals surface area contributed by atoms with E-state index in [4.69, 9.17) is 4.74 Å². The molecule has 0 saturated carbocycles. The SMILES string of the molecule is CCCC(C)NC(=O)C(c1cc(C)cc(C)c1)N(C(=O)C(CC(C)C)NC(=O)OC(C)(C)C)C(C)C. The second-order valence-electron chi connectivity index (χ2n) is 11.7. The van der Waals surface area contributed by atoms with Gasteiger partial charge in [-0.1, -0.05) is 56.5 Å². The number of benzene rings is 1. The zero-order valence-electron chi connectivity index (χ0n) is 24.3. The number of ether oxygens (including phenoxy) is 1. The molecule has 3 unspecified atom stereocenters. The van der Waals surface area contributed by atoms with Gasteiger partial charge in [0.25, 0.3) is 0 Å². The Morgan fingerprint density at radius 2 is 1.50 bits per heavy atom. The van der Waals surface area contributed by atoms with Crippen LogP contribution in [0.3, 0.4) is 0 Å². The minimum Gasteiger partial charge on any atom is -0.444 e. The summed E-state index contributed by atoms with van der Waals surface area (Å²) in [7, 11) is 0. The van der Waals surface area contributed by atoms with Crippen LogP contribution in [0.1, 0.15) is 104 Å². The van der Waals surface area contributed by atoms with Gasteiger partial charge in [-0.2, -0.15) is 0 Å². The van der Waals surface area contributed by atoms with Gasteiger partial charge in [-0.25, -0.2) is 4.79 Å². The second kappa shape index (κ2) is 13.7. The van der Waals surface area contributed by atoms with Gasteiger partial charge in [0.15, 0.2) is 0 Å². The molecule has 1 aromatic carbocycles. The van der Waals surface area contributed by atoms with E-state index in [2.05, 4.69) is 17.6 Å². The number of amides is 3. The standard InChI is InChI=1S/C29H49N3O4/c1-12-13-22(8)30-26(33)25(23-16-20(6)15-21(7)17-23)32(19(4)5)27(34)24(14-18(2)3)31-28(35)36-29(9,10)11/h15-19,22,24-25H,12-14H2,1-11H3,(H,30,33)(H,31,35). The third-order valence-electron chi connectivity index (χ3n) is 5.70. The summed E-state index contributed by atoms with van der Waals surface area (Å²) in [5.74, 6) is -0.378. The minimum atomic E-state index is -0.828. The van der Waals surface area contributed by atoms with Gasteiger partial charge in [0.2, 0.25) is 11.8 Å². The molecule has 0 aliphatic rings. The van der Waals surface area contributed by atoms with Gasteiger partial charge >= 0.3 is 6.09 Å². The smallest absolute Gasteiger partial charge is 0.408 e. The number of aryl methyl sites for hydroxylation is 2. The third-order valence-corrected chi connectivity index (χ3v) is 5.70. The molecule has 204 valence electrons. The van der Waals surface area contributed by atoms with Crippen molar-refractivity contribution in [3.8, 4) is 0 Å². The first kappa shape index (κ1) is 31.5. The molecule has 1 aromatic rings.